The molecule has 4 heteroatoms. The summed E-state index contributed by atoms with van der Waals surface area (Å²) in [5.74, 6) is -0.212. The first-order valence-electron chi connectivity index (χ1n) is 7.44. The molecule has 0 radical (unpaired) electrons. The van der Waals surface area contributed by atoms with Gasteiger partial charge in [0.25, 0.3) is 0 Å². The van der Waals surface area contributed by atoms with Crippen molar-refractivity contribution in [1.29, 1.82) is 0 Å². The maximum Gasteiger partial charge on any atom is 0.337 e. The minimum atomic E-state index is -0.648. The maximum absolute atomic E-state index is 12.0. The molecule has 0 saturated heterocycles. The Balaban J connectivity index is 2.17. The zero-order chi connectivity index (χ0) is 14.7. The molecule has 1 aliphatic heterocycles. The number of hydrogen-bond acceptors (Lipinski definition) is 4. The Hall–Kier alpha value is -0.870. The summed E-state index contributed by atoms with van der Waals surface area (Å²) in [5.41, 5.74) is 1.53. The highest BCUT2D eigenvalue weighted by atomic mass is 16.5. The molecule has 20 heavy (non-hydrogen) atoms. The van der Waals surface area contributed by atoms with Gasteiger partial charge in [0.2, 0.25) is 0 Å². The number of methoxy groups -OCH3 is 1. The van der Waals surface area contributed by atoms with Gasteiger partial charge in [-0.15, -0.1) is 0 Å². The Morgan fingerprint density at radius 1 is 1.30 bits per heavy atom. The summed E-state index contributed by atoms with van der Waals surface area (Å²) in [5, 5.41) is 10.9. The highest BCUT2D eigenvalue weighted by molar-refractivity contribution is 5.93. The number of aliphatic hydroxyl groups excluding tert-OH is 1. The molecule has 1 saturated carbocycles. The van der Waals surface area contributed by atoms with Crippen LogP contribution in [0.15, 0.2) is 11.1 Å². The van der Waals surface area contributed by atoms with Gasteiger partial charge in [0.05, 0.1) is 11.7 Å². The second-order valence-electron chi connectivity index (χ2n) is 7.35. The fourth-order valence-corrected chi connectivity index (χ4v) is 5.04. The van der Waals surface area contributed by atoms with E-state index >= 15 is 0 Å². The quantitative estimate of drug-likeness (QED) is 0.747. The predicted octanol–water partition coefficient (Wildman–Crippen LogP) is 2.06. The van der Waals surface area contributed by atoms with Gasteiger partial charge in [0.1, 0.15) is 12.7 Å². The monoisotopic (exact) mass is 280 g/mol. The molecule has 0 aromatic heterocycles. The van der Waals surface area contributed by atoms with Gasteiger partial charge in [-0.2, -0.15) is 0 Å². The largest absolute Gasteiger partial charge is 0.458 e. The van der Waals surface area contributed by atoms with E-state index in [1.54, 1.807) is 7.11 Å². The summed E-state index contributed by atoms with van der Waals surface area (Å²) in [6, 6.07) is 0. The molecular weight excluding hydrogens is 256 g/mol. The van der Waals surface area contributed by atoms with Crippen LogP contribution in [0.5, 0.6) is 0 Å². The summed E-state index contributed by atoms with van der Waals surface area (Å²) >= 11 is 0. The molecule has 2 aliphatic carbocycles. The van der Waals surface area contributed by atoms with Gasteiger partial charge in [-0.3, -0.25) is 0 Å². The Labute approximate surface area is 120 Å². The van der Waals surface area contributed by atoms with Crippen LogP contribution >= 0.6 is 0 Å². The molecule has 112 valence electrons. The van der Waals surface area contributed by atoms with Crippen molar-refractivity contribution in [1.82, 2.24) is 0 Å². The molecule has 4 atom stereocenters. The summed E-state index contributed by atoms with van der Waals surface area (Å²) in [6.07, 6.45) is 2.03. The summed E-state index contributed by atoms with van der Waals surface area (Å²) in [6.45, 7) is 6.98. The Morgan fingerprint density at radius 3 is 2.65 bits per heavy atom. The molecule has 0 amide bonds. The molecule has 3 rings (SSSR count). The van der Waals surface area contributed by atoms with Crippen molar-refractivity contribution in [2.75, 3.05) is 13.7 Å². The van der Waals surface area contributed by atoms with Crippen molar-refractivity contribution in [2.24, 2.45) is 16.7 Å². The van der Waals surface area contributed by atoms with Crippen LogP contribution in [-0.4, -0.2) is 37.0 Å². The fraction of sp³-hybridized carbons (Fsp3) is 0.812. The van der Waals surface area contributed by atoms with Crippen molar-refractivity contribution in [3.8, 4) is 0 Å². The first-order valence-corrected chi connectivity index (χ1v) is 7.44. The molecule has 0 bridgehead atoms. The summed E-state index contributed by atoms with van der Waals surface area (Å²) < 4.78 is 10.7. The number of hydrogen-bond donors (Lipinski definition) is 1. The molecule has 1 heterocycles. The molecule has 1 fully saturated rings. The van der Waals surface area contributed by atoms with Gasteiger partial charge in [-0.1, -0.05) is 27.2 Å². The lowest BCUT2D eigenvalue weighted by atomic mass is 9.49. The van der Waals surface area contributed by atoms with Crippen LogP contribution in [0.2, 0.25) is 0 Å². The lowest BCUT2D eigenvalue weighted by molar-refractivity contribution is -0.141. The van der Waals surface area contributed by atoms with Crippen LogP contribution in [-0.2, 0) is 14.3 Å². The minimum Gasteiger partial charge on any atom is -0.458 e. The zero-order valence-electron chi connectivity index (χ0n) is 12.7. The fourth-order valence-electron chi connectivity index (χ4n) is 5.04. The van der Waals surface area contributed by atoms with E-state index in [-0.39, 0.29) is 22.7 Å². The number of fused-ring (bicyclic) bond motifs is 2. The van der Waals surface area contributed by atoms with E-state index in [0.29, 0.717) is 12.2 Å². The second kappa shape index (κ2) is 4.31. The number of carbonyl (C=O) groups is 1. The lowest BCUT2D eigenvalue weighted by Gasteiger charge is -2.56. The minimum absolute atomic E-state index is 0.0351. The van der Waals surface area contributed by atoms with Gasteiger partial charge in [0.15, 0.2) is 0 Å². The van der Waals surface area contributed by atoms with E-state index in [1.807, 2.05) is 0 Å². The number of aliphatic hydroxyl groups is 1. The van der Waals surface area contributed by atoms with E-state index < -0.39 is 12.2 Å². The van der Waals surface area contributed by atoms with E-state index in [2.05, 4.69) is 20.8 Å². The SMILES string of the molecule is CO[C@@H]1C2=C(COC2=O)[C@]2(C)CCCC(C)(C)[C@@H]2[C@H]1O. The van der Waals surface area contributed by atoms with Crippen molar-refractivity contribution in [2.45, 2.75) is 52.2 Å². The van der Waals surface area contributed by atoms with E-state index in [0.717, 1.165) is 24.8 Å². The van der Waals surface area contributed by atoms with E-state index in [1.165, 1.54) is 0 Å². The van der Waals surface area contributed by atoms with E-state index in [9.17, 15) is 9.90 Å². The van der Waals surface area contributed by atoms with Gasteiger partial charge in [-0.25, -0.2) is 4.79 Å². The topological polar surface area (TPSA) is 55.8 Å². The first kappa shape index (κ1) is 14.1. The summed E-state index contributed by atoms with van der Waals surface area (Å²) in [7, 11) is 1.56. The maximum atomic E-state index is 12.0. The highest BCUT2D eigenvalue weighted by Crippen LogP contribution is 2.60. The van der Waals surface area contributed by atoms with Gasteiger partial charge in [-0.05, 0) is 29.2 Å². The van der Waals surface area contributed by atoms with Gasteiger partial charge in [0, 0.05) is 13.0 Å². The Kier molecular flexibility index (Phi) is 3.04. The molecule has 0 aromatic carbocycles. The molecule has 3 aliphatic rings. The number of cyclic esters (lactones) is 1. The molecule has 0 spiro atoms. The van der Waals surface area contributed by atoms with Crippen LogP contribution < -0.4 is 0 Å². The molecular formula is C16H24O4. The first-order chi connectivity index (χ1) is 9.33. The van der Waals surface area contributed by atoms with Crippen LogP contribution in [0.25, 0.3) is 0 Å². The molecule has 4 nitrogen and oxygen atoms in total. The van der Waals surface area contributed by atoms with Crippen molar-refractivity contribution in [3.63, 3.8) is 0 Å². The number of ether oxygens (including phenoxy) is 2. The zero-order valence-corrected chi connectivity index (χ0v) is 12.7. The third kappa shape index (κ3) is 1.64. The Morgan fingerprint density at radius 2 is 2.00 bits per heavy atom. The van der Waals surface area contributed by atoms with Crippen LogP contribution in [0, 0.1) is 16.7 Å². The normalized spacial score (nSPS) is 43.0. The Bertz CT molecular complexity index is 479. The second-order valence-corrected chi connectivity index (χ2v) is 7.35. The average molecular weight is 280 g/mol. The van der Waals surface area contributed by atoms with Crippen molar-refractivity contribution in [3.05, 3.63) is 11.1 Å². The standard InChI is InChI=1S/C16H24O4/c1-15(2)6-5-7-16(3)9-8-20-14(18)10(9)12(19-4)11(17)13(15)16/h11-13,17H,5-8H2,1-4H3/t11-,12+,13-,16-/m0/s1. The van der Waals surface area contributed by atoms with Crippen LogP contribution in [0.4, 0.5) is 0 Å². The third-order valence-electron chi connectivity index (χ3n) is 5.82. The van der Waals surface area contributed by atoms with Crippen LogP contribution in [0.1, 0.15) is 40.0 Å². The smallest absolute Gasteiger partial charge is 0.337 e. The summed E-state index contributed by atoms with van der Waals surface area (Å²) in [4.78, 5) is 12.0. The average Bonchev–Trinajstić information content (AvgIpc) is 2.72. The third-order valence-corrected chi connectivity index (χ3v) is 5.82. The highest BCUT2D eigenvalue weighted by Gasteiger charge is 2.60. The van der Waals surface area contributed by atoms with Crippen molar-refractivity contribution >= 4 is 5.97 Å². The van der Waals surface area contributed by atoms with Gasteiger partial charge < -0.3 is 14.6 Å². The lowest BCUT2D eigenvalue weighted by Crippen LogP contribution is -2.57. The molecule has 0 aromatic rings. The number of carbonyl (C=O) groups excluding carboxylic acids is 1. The van der Waals surface area contributed by atoms with E-state index in [4.69, 9.17) is 9.47 Å². The molecule has 0 unspecified atom stereocenters. The molecule has 1 N–H and O–H groups in total. The predicted molar refractivity (Wildman–Crippen MR) is 74.0 cm³/mol. The van der Waals surface area contributed by atoms with Crippen molar-refractivity contribution < 1.29 is 19.4 Å². The number of rotatable bonds is 1. The van der Waals surface area contributed by atoms with Crippen LogP contribution in [0.3, 0.4) is 0 Å². The number of esters is 1. The van der Waals surface area contributed by atoms with Gasteiger partial charge >= 0.3 is 5.97 Å².